The van der Waals surface area contributed by atoms with Gasteiger partial charge in [0.1, 0.15) is 0 Å². The van der Waals surface area contributed by atoms with Gasteiger partial charge >= 0.3 is 39.3 Å². The summed E-state index contributed by atoms with van der Waals surface area (Å²) in [6.45, 7) is 2.24. The number of hydrogen-bond acceptors (Lipinski definition) is 0. The maximum absolute atomic E-state index is 3.00. The van der Waals surface area contributed by atoms with Crippen molar-refractivity contribution >= 4 is 28.5 Å². The molecule has 0 amide bonds. The second-order valence-electron chi connectivity index (χ2n) is 3.83. The summed E-state index contributed by atoms with van der Waals surface area (Å²) in [4.78, 5) is 0. The van der Waals surface area contributed by atoms with Crippen LogP contribution in [0.25, 0.3) is 0 Å². The molecule has 2 aromatic carbocycles. The molecule has 0 aliphatic heterocycles. The molecule has 0 saturated heterocycles. The zero-order valence-corrected chi connectivity index (χ0v) is 14.3. The van der Waals surface area contributed by atoms with Crippen molar-refractivity contribution in [3.8, 4) is 0 Å². The molecule has 0 bridgehead atoms. The van der Waals surface area contributed by atoms with Crippen LogP contribution in [0.1, 0.15) is 30.4 Å². The second-order valence-corrected chi connectivity index (χ2v) is 8.81. The van der Waals surface area contributed by atoms with Gasteiger partial charge in [0, 0.05) is 5.92 Å². The van der Waals surface area contributed by atoms with Crippen LogP contribution in [0.5, 0.6) is 0 Å². The van der Waals surface area contributed by atoms with Gasteiger partial charge in [-0.1, -0.05) is 67.6 Å². The van der Waals surface area contributed by atoms with Gasteiger partial charge in [0.25, 0.3) is 0 Å². The van der Waals surface area contributed by atoms with Gasteiger partial charge in [-0.3, -0.25) is 0 Å². The molecule has 0 N–H and O–H groups in total. The average molecular weight is 415 g/mol. The Hall–Kier alpha value is -0.106. The van der Waals surface area contributed by atoms with Crippen molar-refractivity contribution in [1.29, 1.82) is 0 Å². The summed E-state index contributed by atoms with van der Waals surface area (Å²) in [6, 6.07) is 21.4. The first-order valence-corrected chi connectivity index (χ1v) is 10.6. The van der Waals surface area contributed by atoms with Crippen molar-refractivity contribution in [3.63, 3.8) is 0 Å². The molecule has 0 fully saturated rings. The fourth-order valence-electron chi connectivity index (χ4n) is 2.03. The number of hydrogen-bond donors (Lipinski definition) is 0. The molecular formula is C15H16Br2Ni. The molecule has 18 heavy (non-hydrogen) atoms. The summed E-state index contributed by atoms with van der Waals surface area (Å²) in [5.41, 5.74) is 2.82. The van der Waals surface area contributed by atoms with Crippen molar-refractivity contribution in [2.45, 2.75) is 19.3 Å². The predicted molar refractivity (Wildman–Crippen MR) is 82.9 cm³/mol. The van der Waals surface area contributed by atoms with Gasteiger partial charge in [0.05, 0.1) is 0 Å². The third-order valence-electron chi connectivity index (χ3n) is 2.81. The predicted octanol–water partition coefficient (Wildman–Crippen LogP) is 5.92. The van der Waals surface area contributed by atoms with Crippen molar-refractivity contribution in [2.75, 3.05) is 0 Å². The molecule has 3 heteroatoms. The molecule has 0 aromatic heterocycles. The van der Waals surface area contributed by atoms with E-state index in [1.165, 1.54) is 22.0 Å². The average Bonchev–Trinajstić information content (AvgIpc) is 2.43. The van der Waals surface area contributed by atoms with E-state index in [0.717, 1.165) is 6.42 Å². The Morgan fingerprint density at radius 2 is 1.17 bits per heavy atom. The Balaban J connectivity index is 0.000000492. The van der Waals surface area contributed by atoms with E-state index >= 15 is 0 Å². The van der Waals surface area contributed by atoms with Crippen LogP contribution < -0.4 is 0 Å². The van der Waals surface area contributed by atoms with Crippen molar-refractivity contribution in [1.82, 2.24) is 0 Å². The Morgan fingerprint density at radius 3 is 1.44 bits per heavy atom. The SMILES string of the molecule is CCC(c1ccccc1)c1ccccc1.[Br][Ni][Br]. The fourth-order valence-corrected chi connectivity index (χ4v) is 2.03. The molecular weight excluding hydrogens is 399 g/mol. The molecule has 0 nitrogen and oxygen atoms in total. The molecule has 0 atom stereocenters. The molecule has 0 unspecified atom stereocenters. The van der Waals surface area contributed by atoms with E-state index < -0.39 is 0 Å². The van der Waals surface area contributed by atoms with Crippen LogP contribution in [0.15, 0.2) is 60.7 Å². The van der Waals surface area contributed by atoms with Crippen LogP contribution in [-0.2, 0) is 10.9 Å². The zero-order valence-electron chi connectivity index (χ0n) is 10.1. The van der Waals surface area contributed by atoms with E-state index in [0.29, 0.717) is 5.92 Å². The molecule has 0 aliphatic carbocycles. The van der Waals surface area contributed by atoms with E-state index in [1.807, 2.05) is 0 Å². The van der Waals surface area contributed by atoms with Crippen LogP contribution in [0, 0.1) is 0 Å². The summed E-state index contributed by atoms with van der Waals surface area (Å²) < 4.78 is 0. The van der Waals surface area contributed by atoms with Crippen LogP contribution >= 0.6 is 28.5 Å². The van der Waals surface area contributed by atoms with Crippen LogP contribution in [0.4, 0.5) is 0 Å². The minimum absolute atomic E-state index is 0.535. The molecule has 0 heterocycles. The van der Waals surface area contributed by atoms with E-state index in [2.05, 4.69) is 96.0 Å². The Kier molecular flexibility index (Phi) is 8.66. The summed E-state index contributed by atoms with van der Waals surface area (Å²) >= 11 is 6.00. The van der Waals surface area contributed by atoms with E-state index in [1.54, 1.807) is 0 Å². The minimum atomic E-state index is 0.535. The molecule has 2 aromatic rings. The molecule has 0 spiro atoms. The third kappa shape index (κ3) is 5.26. The first-order chi connectivity index (χ1) is 8.83. The van der Waals surface area contributed by atoms with Gasteiger partial charge in [0.2, 0.25) is 0 Å². The van der Waals surface area contributed by atoms with Crippen molar-refractivity contribution in [3.05, 3.63) is 71.8 Å². The number of halogens is 2. The normalized spacial score (nSPS) is 10.0. The Bertz CT molecular complexity index is 378. The van der Waals surface area contributed by atoms with Gasteiger partial charge in [-0.2, -0.15) is 0 Å². The van der Waals surface area contributed by atoms with Crippen molar-refractivity contribution < 1.29 is 10.9 Å². The van der Waals surface area contributed by atoms with Crippen LogP contribution in [-0.4, -0.2) is 0 Å². The standard InChI is InChI=1S/C15H16.2BrH.Ni/c1-2-15(13-9-5-3-6-10-13)14-11-7-4-8-12-14;;;/h3-12,15H,2H2,1H3;2*1H;/q;;;+2/p-2. The number of benzene rings is 2. The second kappa shape index (κ2) is 9.78. The summed E-state index contributed by atoms with van der Waals surface area (Å²) in [7, 11) is 1.25. The molecule has 0 saturated carbocycles. The molecule has 2 rings (SSSR count). The summed E-state index contributed by atoms with van der Waals surface area (Å²) in [5, 5.41) is 0. The fraction of sp³-hybridized carbons (Fsp3) is 0.200. The molecule has 100 valence electrons. The van der Waals surface area contributed by atoms with Crippen LogP contribution in [0.2, 0.25) is 0 Å². The summed E-state index contributed by atoms with van der Waals surface area (Å²) in [5.74, 6) is 0.535. The Morgan fingerprint density at radius 1 is 0.833 bits per heavy atom. The first kappa shape index (κ1) is 15.9. The van der Waals surface area contributed by atoms with Gasteiger partial charge in [-0.25, -0.2) is 0 Å². The van der Waals surface area contributed by atoms with E-state index in [9.17, 15) is 0 Å². The zero-order chi connectivity index (χ0) is 13.2. The van der Waals surface area contributed by atoms with Crippen molar-refractivity contribution in [2.24, 2.45) is 0 Å². The quantitative estimate of drug-likeness (QED) is 0.547. The van der Waals surface area contributed by atoms with Gasteiger partial charge < -0.3 is 0 Å². The van der Waals surface area contributed by atoms with Gasteiger partial charge in [-0.05, 0) is 17.5 Å². The van der Waals surface area contributed by atoms with Gasteiger partial charge in [-0.15, -0.1) is 0 Å². The topological polar surface area (TPSA) is 0 Å². The summed E-state index contributed by atoms with van der Waals surface area (Å²) in [6.07, 6.45) is 1.15. The van der Waals surface area contributed by atoms with Crippen LogP contribution in [0.3, 0.4) is 0 Å². The Labute approximate surface area is 130 Å². The third-order valence-corrected chi connectivity index (χ3v) is 2.81. The van der Waals surface area contributed by atoms with E-state index in [4.69, 9.17) is 0 Å². The molecule has 0 aliphatic rings. The molecule has 0 radical (unpaired) electrons. The van der Waals surface area contributed by atoms with E-state index in [-0.39, 0.29) is 0 Å². The maximum atomic E-state index is 3.00. The first-order valence-electron chi connectivity index (χ1n) is 5.75. The monoisotopic (exact) mass is 412 g/mol. The van der Waals surface area contributed by atoms with Gasteiger partial charge in [0.15, 0.2) is 0 Å². The number of rotatable bonds is 3.